The van der Waals surface area contributed by atoms with Gasteiger partial charge in [-0.3, -0.25) is 0 Å². The van der Waals surface area contributed by atoms with E-state index in [0.717, 1.165) is 37.9 Å². The minimum absolute atomic E-state index is 0. The van der Waals surface area contributed by atoms with Gasteiger partial charge in [0.2, 0.25) is 6.33 Å². The van der Waals surface area contributed by atoms with Crippen molar-refractivity contribution in [1.82, 2.24) is 14.1 Å². The first kappa shape index (κ1) is 26.8. The zero-order chi connectivity index (χ0) is 33.7. The predicted molar refractivity (Wildman–Crippen MR) is 180 cm³/mol. The standard InChI is InChI=1S/C39H29N5O2.Pt/c1-41(2)27-20-21-40-39(23-27)44-35-15-8-7-14-33(35)34-18-16-31(24-37(34)44)46-30-13-9-10-28(22-30)43-26-42(3)38-25-32(17-19-36(38)43)45-29-11-5-4-6-12-29;/h4-21,23,25H,1-3H3;/q-2;/i3D3;. The van der Waals surface area contributed by atoms with Gasteiger partial charge in [-0.05, 0) is 41.8 Å². The number of aromatic nitrogens is 4. The van der Waals surface area contributed by atoms with Crippen molar-refractivity contribution in [2.24, 2.45) is 6.98 Å². The van der Waals surface area contributed by atoms with Crippen molar-refractivity contribution in [3.05, 3.63) is 140 Å². The van der Waals surface area contributed by atoms with Gasteiger partial charge in [-0.2, -0.15) is 18.2 Å². The average Bonchev–Trinajstić information content (AvgIpc) is 3.65. The van der Waals surface area contributed by atoms with Crippen molar-refractivity contribution in [3.8, 4) is 34.5 Å². The Bertz CT molecular complexity index is 2490. The van der Waals surface area contributed by atoms with Gasteiger partial charge in [0, 0.05) is 70.1 Å². The number of aryl methyl sites for hydroxylation is 1. The van der Waals surface area contributed by atoms with Crippen LogP contribution in [0.25, 0.3) is 44.3 Å². The number of rotatable bonds is 7. The summed E-state index contributed by atoms with van der Waals surface area (Å²) in [5.41, 5.74) is 4.49. The zero-order valence-corrected chi connectivity index (χ0v) is 27.7. The van der Waals surface area contributed by atoms with Crippen LogP contribution >= 0.6 is 0 Å². The van der Waals surface area contributed by atoms with Crippen LogP contribution in [0.2, 0.25) is 0 Å². The maximum absolute atomic E-state index is 8.19. The second-order valence-corrected chi connectivity index (χ2v) is 11.0. The number of fused-ring (bicyclic) bond motifs is 4. The number of nitrogens with zero attached hydrogens (tertiary/aromatic N) is 5. The summed E-state index contributed by atoms with van der Waals surface area (Å²) in [5, 5.41) is 2.11. The molecule has 8 heteroatoms. The number of hydrogen-bond acceptors (Lipinski definition) is 4. The molecule has 0 bridgehead atoms. The van der Waals surface area contributed by atoms with Crippen LogP contribution in [0.15, 0.2) is 121 Å². The molecule has 234 valence electrons. The van der Waals surface area contributed by atoms with Gasteiger partial charge in [-0.25, -0.2) is 4.98 Å². The van der Waals surface area contributed by atoms with E-state index >= 15 is 0 Å². The van der Waals surface area contributed by atoms with Crippen molar-refractivity contribution in [2.75, 3.05) is 19.0 Å². The fourth-order valence-electron chi connectivity index (χ4n) is 5.68. The average molecular weight is 798 g/mol. The van der Waals surface area contributed by atoms with Crippen LogP contribution in [0.5, 0.6) is 23.0 Å². The molecule has 3 aromatic heterocycles. The molecule has 0 N–H and O–H groups in total. The van der Waals surface area contributed by atoms with Crippen molar-refractivity contribution in [3.63, 3.8) is 0 Å². The molecule has 0 spiro atoms. The minimum Gasteiger partial charge on any atom is -0.510 e. The summed E-state index contributed by atoms with van der Waals surface area (Å²) in [7, 11) is 4.00. The van der Waals surface area contributed by atoms with Crippen molar-refractivity contribution in [2.45, 2.75) is 0 Å². The Morgan fingerprint density at radius 1 is 0.745 bits per heavy atom. The van der Waals surface area contributed by atoms with E-state index in [4.69, 9.17) is 18.6 Å². The monoisotopic (exact) mass is 797 g/mol. The van der Waals surface area contributed by atoms with Gasteiger partial charge < -0.3 is 28.1 Å². The van der Waals surface area contributed by atoms with Gasteiger partial charge in [0.05, 0.1) is 22.1 Å². The van der Waals surface area contributed by atoms with Crippen LogP contribution < -0.4 is 18.9 Å². The molecular weight excluding hydrogens is 766 g/mol. The van der Waals surface area contributed by atoms with E-state index in [-0.39, 0.29) is 21.1 Å². The number of imidazole rings is 1. The molecule has 0 unspecified atom stereocenters. The smallest absolute Gasteiger partial charge is 0.242 e. The van der Waals surface area contributed by atoms with E-state index in [1.807, 2.05) is 104 Å². The molecule has 0 saturated carbocycles. The van der Waals surface area contributed by atoms with Crippen molar-refractivity contribution in [1.29, 1.82) is 0 Å². The SMILES string of the molecule is [2H]C([2H])([2H])[n+]1[c-]n(-c2[c-]c(Oc3[c-]c4c(cc3)c3ccccc3n4-c3cc(N(C)C)ccn3)ccc2)c2ccc(Oc3ccccc3)cc21.[Pt]. The van der Waals surface area contributed by atoms with Crippen LogP contribution in [0, 0.1) is 18.5 Å². The summed E-state index contributed by atoms with van der Waals surface area (Å²) in [5.74, 6) is 2.86. The molecule has 0 aliphatic rings. The summed E-state index contributed by atoms with van der Waals surface area (Å²) in [6, 6.07) is 43.0. The fraction of sp³-hybridized carbons (Fsp3) is 0.0769. The Kier molecular flexibility index (Phi) is 7.08. The zero-order valence-electron chi connectivity index (χ0n) is 28.4. The molecule has 0 saturated heterocycles. The van der Waals surface area contributed by atoms with E-state index in [1.165, 1.54) is 0 Å². The summed E-state index contributed by atoms with van der Waals surface area (Å²) < 4.78 is 41.8. The molecule has 0 aliphatic heterocycles. The third-order valence-corrected chi connectivity index (χ3v) is 7.85. The van der Waals surface area contributed by atoms with E-state index in [0.29, 0.717) is 39.7 Å². The van der Waals surface area contributed by atoms with Crippen LogP contribution in [-0.2, 0) is 28.0 Å². The molecule has 8 aromatic rings. The third kappa shape index (κ3) is 5.64. The number of para-hydroxylation sites is 2. The first-order chi connectivity index (χ1) is 23.7. The largest absolute Gasteiger partial charge is 0.510 e. The number of pyridine rings is 1. The molecule has 0 amide bonds. The van der Waals surface area contributed by atoms with E-state index in [9.17, 15) is 0 Å². The summed E-state index contributed by atoms with van der Waals surface area (Å²) >= 11 is 0. The Labute approximate surface area is 291 Å². The van der Waals surface area contributed by atoms with Crippen LogP contribution in [0.1, 0.15) is 4.11 Å². The van der Waals surface area contributed by atoms with Gasteiger partial charge in [-0.1, -0.05) is 53.7 Å². The normalized spacial score (nSPS) is 12.3. The van der Waals surface area contributed by atoms with E-state index in [2.05, 4.69) is 35.2 Å². The Balaban J connectivity index is 0.00000392. The van der Waals surface area contributed by atoms with Crippen LogP contribution in [0.3, 0.4) is 0 Å². The maximum Gasteiger partial charge on any atom is 0.242 e. The molecular formula is C39H29N5O2Pt-2. The van der Waals surface area contributed by atoms with Gasteiger partial charge >= 0.3 is 0 Å². The van der Waals surface area contributed by atoms with Gasteiger partial charge in [-0.15, -0.1) is 29.7 Å². The van der Waals surface area contributed by atoms with Crippen molar-refractivity contribution < 1.29 is 39.2 Å². The molecule has 0 fully saturated rings. The molecule has 0 aliphatic carbocycles. The summed E-state index contributed by atoms with van der Waals surface area (Å²) in [6.07, 6.45) is 4.82. The minimum atomic E-state index is -2.48. The number of ether oxygens (including phenoxy) is 2. The third-order valence-electron chi connectivity index (χ3n) is 7.85. The second-order valence-electron chi connectivity index (χ2n) is 11.0. The Hall–Kier alpha value is -5.39. The fourth-order valence-corrected chi connectivity index (χ4v) is 5.68. The number of hydrogen-bond donors (Lipinski definition) is 0. The number of benzene rings is 5. The molecule has 8 rings (SSSR count). The summed E-state index contributed by atoms with van der Waals surface area (Å²) in [4.78, 5) is 6.75. The number of anilines is 1. The second kappa shape index (κ2) is 12.4. The molecule has 7 nitrogen and oxygen atoms in total. The van der Waals surface area contributed by atoms with Crippen LogP contribution in [0.4, 0.5) is 5.69 Å². The predicted octanol–water partition coefficient (Wildman–Crippen LogP) is 8.00. The Morgan fingerprint density at radius 3 is 2.43 bits per heavy atom. The molecule has 3 heterocycles. The van der Waals surface area contributed by atoms with E-state index in [1.54, 1.807) is 29.0 Å². The quantitative estimate of drug-likeness (QED) is 0.121. The first-order valence-electron chi connectivity index (χ1n) is 16.3. The maximum atomic E-state index is 8.19. The van der Waals surface area contributed by atoms with Gasteiger partial charge in [0.1, 0.15) is 17.3 Å². The molecule has 0 atom stereocenters. The van der Waals surface area contributed by atoms with Gasteiger partial charge in [0.15, 0.2) is 0 Å². The topological polar surface area (TPSA) is 48.3 Å². The van der Waals surface area contributed by atoms with Crippen LogP contribution in [-0.4, -0.2) is 28.2 Å². The van der Waals surface area contributed by atoms with Gasteiger partial charge in [0.25, 0.3) is 0 Å². The van der Waals surface area contributed by atoms with E-state index < -0.39 is 6.98 Å². The Morgan fingerprint density at radius 2 is 1.57 bits per heavy atom. The molecule has 5 aromatic carbocycles. The first-order valence-corrected chi connectivity index (χ1v) is 14.8. The van der Waals surface area contributed by atoms with Crippen molar-refractivity contribution >= 4 is 38.5 Å². The summed E-state index contributed by atoms with van der Waals surface area (Å²) in [6.45, 7) is -2.48. The molecule has 47 heavy (non-hydrogen) atoms. The molecule has 0 radical (unpaired) electrons.